The molecule has 0 radical (unpaired) electrons. The highest BCUT2D eigenvalue weighted by Crippen LogP contribution is 2.23. The smallest absolute Gasteiger partial charge is 0.249 e. The van der Waals surface area contributed by atoms with Gasteiger partial charge in [-0.25, -0.2) is 0 Å². The summed E-state index contributed by atoms with van der Waals surface area (Å²) in [4.78, 5) is 13.1. The molecule has 11 nitrogen and oxygen atoms in total. The Hall–Kier alpha value is -1.15. The van der Waals surface area contributed by atoms with Crippen LogP contribution in [0.1, 0.15) is 239 Å². The summed E-state index contributed by atoms with van der Waals surface area (Å²) < 4.78 is 11.1. The summed E-state index contributed by atoms with van der Waals surface area (Å²) in [6.07, 6.45) is 34.0. The van der Waals surface area contributed by atoms with Crippen molar-refractivity contribution in [3.05, 3.63) is 12.2 Å². The summed E-state index contributed by atoms with van der Waals surface area (Å²) in [6.45, 7) is 3.45. The van der Waals surface area contributed by atoms with E-state index in [0.717, 1.165) is 57.8 Å². The van der Waals surface area contributed by atoms with Gasteiger partial charge in [-0.1, -0.05) is 212 Å². The van der Waals surface area contributed by atoms with Gasteiger partial charge in [-0.05, 0) is 38.5 Å². The van der Waals surface area contributed by atoms with E-state index in [1.165, 1.54) is 141 Å². The predicted molar refractivity (Wildman–Crippen MR) is 252 cm³/mol. The molecule has 8 N–H and O–H groups in total. The number of hydrogen-bond acceptors (Lipinski definition) is 10. The lowest BCUT2D eigenvalue weighted by atomic mass is 9.98. The summed E-state index contributed by atoms with van der Waals surface area (Å²) in [6, 6.07) is -1.17. The van der Waals surface area contributed by atoms with Gasteiger partial charge in [-0.15, -0.1) is 0 Å². The van der Waals surface area contributed by atoms with Gasteiger partial charge < -0.3 is 50.5 Å². The number of carbonyl (C=O) groups is 1. The second-order valence-corrected chi connectivity index (χ2v) is 18.6. The van der Waals surface area contributed by atoms with E-state index in [0.29, 0.717) is 19.3 Å². The minimum atomic E-state index is -1.66. The number of aliphatic hydroxyl groups excluding tert-OH is 7. The zero-order chi connectivity index (χ0) is 45.5. The molecule has 1 rings (SSSR count). The predicted octanol–water partition coefficient (Wildman–Crippen LogP) is 9.62. The lowest BCUT2D eigenvalue weighted by Gasteiger charge is -2.40. The Balaban J connectivity index is 2.36. The normalized spacial score (nSPS) is 21.3. The standard InChI is InChI=1S/C51H99NO10/c1-3-5-7-9-11-13-15-17-19-20-21-22-23-24-25-27-28-30-32-34-36-38-43(54)46(56)42(41-61-51-49(59)48(58)47(57)45(40-53)62-51)52-50(60)44(55)39-37-35-33-31-29-26-18-16-14-12-10-8-6-4-2/h14,16,42-49,51,53-59H,3-13,15,17-41H2,1-2H3,(H,52,60)/b16-14-. The third-order valence-corrected chi connectivity index (χ3v) is 12.8. The van der Waals surface area contributed by atoms with Crippen LogP contribution in [0.25, 0.3) is 0 Å². The number of amides is 1. The van der Waals surface area contributed by atoms with Gasteiger partial charge in [0.25, 0.3) is 0 Å². The first-order chi connectivity index (χ1) is 30.2. The lowest BCUT2D eigenvalue weighted by Crippen LogP contribution is -2.60. The highest BCUT2D eigenvalue weighted by Gasteiger charge is 2.44. The second-order valence-electron chi connectivity index (χ2n) is 18.6. The maximum atomic E-state index is 13.1. The van der Waals surface area contributed by atoms with E-state index in [4.69, 9.17) is 9.47 Å². The van der Waals surface area contributed by atoms with E-state index in [1.807, 2.05) is 0 Å². The Kier molecular flexibility index (Phi) is 39.2. The topological polar surface area (TPSA) is 189 Å². The largest absolute Gasteiger partial charge is 0.394 e. The molecule has 0 aromatic carbocycles. The van der Waals surface area contributed by atoms with Crippen LogP contribution in [0, 0.1) is 0 Å². The molecule has 0 spiro atoms. The molecule has 0 aromatic rings. The number of hydrogen-bond donors (Lipinski definition) is 8. The SMILES string of the molecule is CCCCCC/C=C\CCCCCCCCC(O)C(=O)NC(COC1OC(CO)C(O)C(O)C1O)C(O)C(O)CCCCCCCCCCCCCCCCCCCCCCC. The average Bonchev–Trinajstić information content (AvgIpc) is 3.27. The van der Waals surface area contributed by atoms with Gasteiger partial charge in [-0.2, -0.15) is 0 Å². The molecule has 1 aliphatic rings. The Morgan fingerprint density at radius 1 is 0.548 bits per heavy atom. The highest BCUT2D eigenvalue weighted by molar-refractivity contribution is 5.80. The Morgan fingerprint density at radius 3 is 1.37 bits per heavy atom. The molecule has 368 valence electrons. The molecule has 0 aliphatic carbocycles. The molecular weight excluding hydrogens is 787 g/mol. The van der Waals surface area contributed by atoms with Gasteiger partial charge in [-0.3, -0.25) is 4.79 Å². The van der Waals surface area contributed by atoms with Gasteiger partial charge in [0.2, 0.25) is 5.91 Å². The van der Waals surface area contributed by atoms with E-state index in [9.17, 15) is 40.5 Å². The third kappa shape index (κ3) is 30.1. The maximum Gasteiger partial charge on any atom is 0.249 e. The van der Waals surface area contributed by atoms with Crippen LogP contribution >= 0.6 is 0 Å². The first-order valence-corrected chi connectivity index (χ1v) is 26.1. The van der Waals surface area contributed by atoms with Gasteiger partial charge >= 0.3 is 0 Å². The highest BCUT2D eigenvalue weighted by atomic mass is 16.7. The molecule has 9 unspecified atom stereocenters. The number of allylic oxidation sites excluding steroid dienone is 2. The van der Waals surface area contributed by atoms with Crippen LogP contribution < -0.4 is 5.32 Å². The fourth-order valence-electron chi connectivity index (χ4n) is 8.50. The van der Waals surface area contributed by atoms with E-state index in [2.05, 4.69) is 31.3 Å². The number of unbranched alkanes of at least 4 members (excludes halogenated alkanes) is 30. The van der Waals surface area contributed by atoms with Crippen molar-refractivity contribution in [2.45, 2.75) is 294 Å². The summed E-state index contributed by atoms with van der Waals surface area (Å²) >= 11 is 0. The fourth-order valence-corrected chi connectivity index (χ4v) is 8.50. The van der Waals surface area contributed by atoms with E-state index in [-0.39, 0.29) is 6.42 Å². The van der Waals surface area contributed by atoms with Crippen LogP contribution in [-0.4, -0.2) is 110 Å². The number of rotatable bonds is 44. The number of aliphatic hydroxyl groups is 7. The van der Waals surface area contributed by atoms with Gasteiger partial charge in [0, 0.05) is 0 Å². The first kappa shape index (κ1) is 58.9. The Morgan fingerprint density at radius 2 is 0.935 bits per heavy atom. The van der Waals surface area contributed by atoms with Gasteiger partial charge in [0.1, 0.15) is 36.6 Å². The summed E-state index contributed by atoms with van der Waals surface area (Å²) in [5.41, 5.74) is 0. The molecule has 0 aromatic heterocycles. The lowest BCUT2D eigenvalue weighted by molar-refractivity contribution is -0.303. The minimum absolute atomic E-state index is 0.255. The Labute approximate surface area is 379 Å². The fraction of sp³-hybridized carbons (Fsp3) is 0.941. The maximum absolute atomic E-state index is 13.1. The third-order valence-electron chi connectivity index (χ3n) is 12.8. The van der Waals surface area contributed by atoms with Gasteiger partial charge in [0.05, 0.1) is 25.4 Å². The van der Waals surface area contributed by atoms with Crippen LogP contribution in [0.3, 0.4) is 0 Å². The first-order valence-electron chi connectivity index (χ1n) is 26.1. The van der Waals surface area contributed by atoms with E-state index in [1.54, 1.807) is 0 Å². The van der Waals surface area contributed by atoms with Crippen molar-refractivity contribution in [3.63, 3.8) is 0 Å². The van der Waals surface area contributed by atoms with Crippen molar-refractivity contribution >= 4 is 5.91 Å². The van der Waals surface area contributed by atoms with Crippen LogP contribution in [0.15, 0.2) is 12.2 Å². The zero-order valence-electron chi connectivity index (χ0n) is 39.9. The van der Waals surface area contributed by atoms with Crippen molar-refractivity contribution in [1.29, 1.82) is 0 Å². The second kappa shape index (κ2) is 41.3. The molecule has 1 aliphatic heterocycles. The summed E-state index contributed by atoms with van der Waals surface area (Å²) in [5, 5.41) is 75.9. The Bertz CT molecular complexity index is 1020. The van der Waals surface area contributed by atoms with Crippen molar-refractivity contribution in [1.82, 2.24) is 5.32 Å². The molecule has 1 amide bonds. The summed E-state index contributed by atoms with van der Waals surface area (Å²) in [5.74, 6) is -0.700. The van der Waals surface area contributed by atoms with E-state index >= 15 is 0 Å². The van der Waals surface area contributed by atoms with E-state index < -0.39 is 74.2 Å². The van der Waals surface area contributed by atoms with Crippen molar-refractivity contribution < 1.29 is 50.0 Å². The molecular formula is C51H99NO10. The monoisotopic (exact) mass is 886 g/mol. The van der Waals surface area contributed by atoms with Crippen LogP contribution in [-0.2, 0) is 14.3 Å². The molecule has 1 saturated heterocycles. The zero-order valence-corrected chi connectivity index (χ0v) is 39.9. The van der Waals surface area contributed by atoms with Crippen LogP contribution in [0.2, 0.25) is 0 Å². The molecule has 0 bridgehead atoms. The number of ether oxygens (including phenoxy) is 2. The molecule has 9 atom stereocenters. The van der Waals surface area contributed by atoms with Gasteiger partial charge in [0.15, 0.2) is 6.29 Å². The number of nitrogens with one attached hydrogen (secondary N) is 1. The van der Waals surface area contributed by atoms with Crippen LogP contribution in [0.4, 0.5) is 0 Å². The molecule has 0 saturated carbocycles. The van der Waals surface area contributed by atoms with Crippen molar-refractivity contribution in [2.24, 2.45) is 0 Å². The molecule has 11 heteroatoms. The van der Waals surface area contributed by atoms with Crippen LogP contribution in [0.5, 0.6) is 0 Å². The molecule has 1 fully saturated rings. The molecule has 62 heavy (non-hydrogen) atoms. The van der Waals surface area contributed by atoms with Crippen molar-refractivity contribution in [3.8, 4) is 0 Å². The molecule has 1 heterocycles. The average molecular weight is 886 g/mol. The minimum Gasteiger partial charge on any atom is -0.394 e. The van der Waals surface area contributed by atoms with Crippen molar-refractivity contribution in [2.75, 3.05) is 13.2 Å². The summed E-state index contributed by atoms with van der Waals surface area (Å²) in [7, 11) is 0. The quantitative estimate of drug-likeness (QED) is 0.0216. The number of carbonyl (C=O) groups excluding carboxylic acids is 1.